The van der Waals surface area contributed by atoms with Crippen LogP contribution in [0.3, 0.4) is 0 Å². The maximum absolute atomic E-state index is 15.6. The number of nitrogens with zero attached hydrogens (tertiary/aromatic N) is 6. The fourth-order valence-corrected chi connectivity index (χ4v) is 9.27. The van der Waals surface area contributed by atoms with Gasteiger partial charge in [0.25, 0.3) is 11.8 Å². The van der Waals surface area contributed by atoms with Crippen LogP contribution in [0.15, 0.2) is 23.1 Å². The van der Waals surface area contributed by atoms with Crippen molar-refractivity contribution in [3.05, 3.63) is 39.9 Å². The number of fused-ring (bicyclic) bond motifs is 3. The first kappa shape index (κ1) is 51.5. The van der Waals surface area contributed by atoms with Crippen molar-refractivity contribution < 1.29 is 50.0 Å². The monoisotopic (exact) mass is 934 g/mol. The average molecular weight is 935 g/mol. The van der Waals surface area contributed by atoms with E-state index in [4.69, 9.17) is 4.74 Å². The number of unbranched alkanes of at least 4 members (excludes halogenated alkanes) is 4. The number of aromatic nitrogens is 1. The lowest BCUT2D eigenvalue weighted by Crippen LogP contribution is -2.54. The Kier molecular flexibility index (Phi) is 17.7. The highest BCUT2D eigenvalue weighted by Gasteiger charge is 2.49. The quantitative estimate of drug-likeness (QED) is 0.0773. The first-order valence-electron chi connectivity index (χ1n) is 23.6. The summed E-state index contributed by atoms with van der Waals surface area (Å²) >= 11 is 0. The molecule has 3 saturated heterocycles. The zero-order chi connectivity index (χ0) is 47.7. The molecule has 0 radical (unpaired) electrons. The number of quaternary nitrogens is 1. The summed E-state index contributed by atoms with van der Waals surface area (Å²) in [5.41, 5.74) is 3.35. The van der Waals surface area contributed by atoms with Gasteiger partial charge in [-0.2, -0.15) is 9.35 Å². The number of amides is 5. The maximum atomic E-state index is 15.6. The van der Waals surface area contributed by atoms with Gasteiger partial charge >= 0.3 is 12.1 Å². The maximum Gasteiger partial charge on any atom is 0.410 e. The average Bonchev–Trinajstić information content (AvgIpc) is 4.08. The molecule has 364 valence electrons. The molecule has 2 bridgehead atoms. The fraction of sp³-hybridized carbons (Fsp3) is 0.711. The smallest absolute Gasteiger partial charge is 0.410 e. The molecule has 6 rings (SSSR count). The van der Waals surface area contributed by atoms with E-state index in [1.54, 1.807) is 41.2 Å². The third-order valence-electron chi connectivity index (χ3n) is 12.6. The van der Waals surface area contributed by atoms with Gasteiger partial charge in [0.15, 0.2) is 0 Å². The van der Waals surface area contributed by atoms with Gasteiger partial charge in [0.05, 0.1) is 43.4 Å². The molecule has 65 heavy (non-hydrogen) atoms. The number of anilines is 1. The number of carbonyl (C=O) groups excluding carboxylic acids is 4. The van der Waals surface area contributed by atoms with E-state index in [0.717, 1.165) is 23.8 Å². The highest BCUT2D eigenvalue weighted by atomic mass is 32.3. The molecule has 1 aliphatic carbocycles. The van der Waals surface area contributed by atoms with Gasteiger partial charge in [-0.15, -0.1) is 0 Å². The summed E-state index contributed by atoms with van der Waals surface area (Å²) in [6.07, 6.45) is 13.8. The number of nitrogens with one attached hydrogen (secondary N) is 2. The summed E-state index contributed by atoms with van der Waals surface area (Å²) in [4.78, 5) is 69.1. The molecular formula is C45H71FN8O10S. The number of hydroxylamine groups is 2. The Balaban J connectivity index is 0.000000397. The standard InChI is InChI=1S/C29H36FN7O10S.C16H36N/c1-29(2,3)46-28(42)34-10-8-33(9-11-34)23-13-22-18(12-20(23)30)24(38)19(15-35(22)16-4-5-16)25(39)31-32-26(40)21-7-6-17-14-36(21)27(41)37(17)47-48(43,44)45;1-5-9-13-17(14-10-6-2,15-11-7-3)16-12-8-4/h12-13,15-17,21H,4-11,14H2,1-3H3,(H,31,39)(H,32,40)(H,43,44,45);5-16H2,1-4H3/q;+1/p-1/t17-,21+;/m1./s1. The summed E-state index contributed by atoms with van der Waals surface area (Å²) in [5.74, 6) is -2.45. The normalized spacial score (nSPS) is 19.0. The van der Waals surface area contributed by atoms with E-state index in [1.165, 1.54) is 88.2 Å². The van der Waals surface area contributed by atoms with E-state index in [-0.39, 0.29) is 42.1 Å². The summed E-state index contributed by atoms with van der Waals surface area (Å²) in [5, 5.41) is 0.405. The molecule has 20 heteroatoms. The molecule has 1 aromatic carbocycles. The van der Waals surface area contributed by atoms with Crippen molar-refractivity contribution in [2.24, 2.45) is 0 Å². The number of hydrogen-bond donors (Lipinski definition) is 2. The van der Waals surface area contributed by atoms with Gasteiger partial charge in [-0.05, 0) is 84.3 Å². The highest BCUT2D eigenvalue weighted by molar-refractivity contribution is 7.80. The van der Waals surface area contributed by atoms with Crippen LogP contribution >= 0.6 is 0 Å². The lowest BCUT2D eigenvalue weighted by atomic mass is 10.0. The van der Waals surface area contributed by atoms with Gasteiger partial charge in [-0.1, -0.05) is 53.4 Å². The minimum Gasteiger partial charge on any atom is -0.724 e. The molecule has 4 aliphatic rings. The topological polar surface area (TPSA) is 203 Å². The molecule has 4 fully saturated rings. The minimum absolute atomic E-state index is 0.0241. The van der Waals surface area contributed by atoms with Crippen LogP contribution in [0.1, 0.15) is 142 Å². The Morgan fingerprint density at radius 2 is 1.38 bits per heavy atom. The zero-order valence-corrected chi connectivity index (χ0v) is 40.2. The number of ether oxygens (including phenoxy) is 1. The Morgan fingerprint density at radius 3 is 1.89 bits per heavy atom. The predicted molar refractivity (Wildman–Crippen MR) is 243 cm³/mol. The molecule has 2 N–H and O–H groups in total. The fourth-order valence-electron chi connectivity index (χ4n) is 8.89. The number of urea groups is 1. The van der Waals surface area contributed by atoms with Crippen molar-refractivity contribution in [3.8, 4) is 0 Å². The molecule has 2 aromatic rings. The van der Waals surface area contributed by atoms with Crippen molar-refractivity contribution in [2.45, 2.75) is 149 Å². The van der Waals surface area contributed by atoms with Crippen LogP contribution in [0.2, 0.25) is 0 Å². The van der Waals surface area contributed by atoms with Crippen LogP contribution < -0.4 is 21.2 Å². The number of halogens is 1. The number of pyridine rings is 1. The predicted octanol–water partition coefficient (Wildman–Crippen LogP) is 5.96. The largest absolute Gasteiger partial charge is 0.724 e. The second kappa shape index (κ2) is 22.3. The second-order valence-corrected chi connectivity index (χ2v) is 19.8. The lowest BCUT2D eigenvalue weighted by Gasteiger charge is -2.39. The first-order valence-corrected chi connectivity index (χ1v) is 24.9. The number of carbonyl (C=O) groups is 4. The Labute approximate surface area is 383 Å². The van der Waals surface area contributed by atoms with Gasteiger partial charge in [-0.25, -0.2) is 22.4 Å². The molecule has 0 spiro atoms. The third kappa shape index (κ3) is 13.5. The van der Waals surface area contributed by atoms with Crippen molar-refractivity contribution >= 4 is 50.9 Å². The Bertz CT molecular complexity index is 2130. The van der Waals surface area contributed by atoms with Gasteiger partial charge in [0.1, 0.15) is 23.0 Å². The van der Waals surface area contributed by atoms with Crippen LogP contribution in [0.25, 0.3) is 10.9 Å². The Morgan fingerprint density at radius 1 is 0.831 bits per heavy atom. The molecular weight excluding hydrogens is 864 g/mol. The summed E-state index contributed by atoms with van der Waals surface area (Å²) in [6.45, 7) is 21.6. The number of rotatable bonds is 18. The summed E-state index contributed by atoms with van der Waals surface area (Å²) in [7, 11) is -5.22. The van der Waals surface area contributed by atoms with Crippen LogP contribution in [0.5, 0.6) is 0 Å². The Hall–Kier alpha value is -4.53. The summed E-state index contributed by atoms with van der Waals surface area (Å²) < 4.78 is 61.5. The first-order chi connectivity index (χ1) is 30.7. The molecule has 4 heterocycles. The van der Waals surface area contributed by atoms with Crippen LogP contribution in [0, 0.1) is 5.82 Å². The molecule has 5 amide bonds. The van der Waals surface area contributed by atoms with E-state index < -0.39 is 63.3 Å². The van der Waals surface area contributed by atoms with E-state index in [9.17, 15) is 36.9 Å². The minimum atomic E-state index is -5.22. The van der Waals surface area contributed by atoms with E-state index in [1.807, 2.05) is 0 Å². The van der Waals surface area contributed by atoms with Crippen molar-refractivity contribution in [2.75, 3.05) is 63.8 Å². The molecule has 2 atom stereocenters. The SMILES string of the molecule is CC(C)(C)OC(=O)N1CCN(c2cc3c(cc2F)c(=O)c(C(=O)NNC(=O)[C@@H]2CC[C@@H]4CN2C(=O)N4OS(=O)(=O)[O-])cn3C2CC2)CC1.CCCC[N+](CCCC)(CCCC)CCCC. The molecule has 1 aromatic heterocycles. The lowest BCUT2D eigenvalue weighted by molar-refractivity contribution is -0.929. The van der Waals surface area contributed by atoms with E-state index in [2.05, 4.69) is 42.8 Å². The van der Waals surface area contributed by atoms with Crippen LogP contribution in [0.4, 0.5) is 19.7 Å². The molecule has 3 aliphatic heterocycles. The second-order valence-electron chi connectivity index (χ2n) is 18.9. The number of piperidine rings is 1. The third-order valence-corrected chi connectivity index (χ3v) is 12.9. The van der Waals surface area contributed by atoms with Crippen LogP contribution in [-0.2, 0) is 24.2 Å². The van der Waals surface area contributed by atoms with Gasteiger partial charge in [-0.3, -0.25) is 25.2 Å². The number of benzene rings is 1. The highest BCUT2D eigenvalue weighted by Crippen LogP contribution is 2.38. The van der Waals surface area contributed by atoms with Crippen molar-refractivity contribution in [1.29, 1.82) is 0 Å². The van der Waals surface area contributed by atoms with Gasteiger partial charge in [0.2, 0.25) is 15.8 Å². The van der Waals surface area contributed by atoms with Crippen molar-refractivity contribution in [1.82, 2.24) is 30.3 Å². The number of hydrogen-bond acceptors (Lipinski definition) is 11. The molecule has 18 nitrogen and oxygen atoms in total. The number of piperazine rings is 1. The molecule has 1 saturated carbocycles. The zero-order valence-electron chi connectivity index (χ0n) is 39.4. The van der Waals surface area contributed by atoms with Gasteiger partial charge in [0, 0.05) is 50.3 Å². The van der Waals surface area contributed by atoms with E-state index >= 15 is 4.39 Å². The summed E-state index contributed by atoms with van der Waals surface area (Å²) in [6, 6.07) is -0.218. The number of hydrazine groups is 1. The molecule has 0 unspecified atom stereocenters. The van der Waals surface area contributed by atoms with Crippen LogP contribution in [-0.4, -0.2) is 137 Å². The van der Waals surface area contributed by atoms with E-state index in [0.29, 0.717) is 36.8 Å². The van der Waals surface area contributed by atoms with Crippen molar-refractivity contribution in [3.63, 3.8) is 0 Å². The van der Waals surface area contributed by atoms with Gasteiger partial charge < -0.3 is 33.0 Å².